The molecule has 9 nitrogen and oxygen atoms in total. The first-order chi connectivity index (χ1) is 16.9. The number of aromatic nitrogens is 2. The van der Waals surface area contributed by atoms with Crippen LogP contribution in [0.2, 0.25) is 5.02 Å². The van der Waals surface area contributed by atoms with Crippen molar-refractivity contribution in [2.45, 2.75) is 38.8 Å². The normalized spacial score (nSPS) is 18.1. The van der Waals surface area contributed by atoms with E-state index >= 15 is 0 Å². The highest BCUT2D eigenvalue weighted by Crippen LogP contribution is 2.26. The number of rotatable bonds is 7. The summed E-state index contributed by atoms with van der Waals surface area (Å²) in [5, 5.41) is 12.3. The smallest absolute Gasteiger partial charge is 0.318 e. The summed E-state index contributed by atoms with van der Waals surface area (Å²) in [4.78, 5) is 31.3. The van der Waals surface area contributed by atoms with Gasteiger partial charge in [0.05, 0.1) is 16.8 Å². The van der Waals surface area contributed by atoms with E-state index in [1.807, 2.05) is 55.1 Å². The summed E-state index contributed by atoms with van der Waals surface area (Å²) in [7, 11) is 0. The third-order valence-corrected chi connectivity index (χ3v) is 6.56. The van der Waals surface area contributed by atoms with E-state index in [1.54, 1.807) is 4.90 Å². The van der Waals surface area contributed by atoms with Crippen LogP contribution < -0.4 is 10.2 Å². The first-order valence-electron chi connectivity index (χ1n) is 12.2. The van der Waals surface area contributed by atoms with Crippen molar-refractivity contribution >= 4 is 29.4 Å². The van der Waals surface area contributed by atoms with E-state index in [1.165, 1.54) is 0 Å². The van der Waals surface area contributed by atoms with E-state index < -0.39 is 0 Å². The number of nitrogens with zero attached hydrogens (tertiary/aromatic N) is 5. The van der Waals surface area contributed by atoms with Crippen LogP contribution in [0.3, 0.4) is 0 Å². The molecule has 188 valence electrons. The second kappa shape index (κ2) is 11.7. The number of piperazine rings is 1. The Morgan fingerprint density at radius 3 is 2.54 bits per heavy atom. The lowest BCUT2D eigenvalue weighted by Gasteiger charge is -2.36. The molecule has 2 aliphatic heterocycles. The molecule has 1 aromatic heterocycles. The topological polar surface area (TPSA) is 90.9 Å². The highest BCUT2D eigenvalue weighted by molar-refractivity contribution is 6.33. The second-order valence-corrected chi connectivity index (χ2v) is 9.65. The Hall–Kier alpha value is -2.91. The fraction of sp³-hybridized carbons (Fsp3) is 0.520. The number of nitrogens with one attached hydrogen (secondary N) is 1. The monoisotopic (exact) mass is 500 g/mol. The van der Waals surface area contributed by atoms with Crippen molar-refractivity contribution in [2.24, 2.45) is 0 Å². The van der Waals surface area contributed by atoms with Crippen LogP contribution in [0.25, 0.3) is 11.3 Å². The molecule has 4 rings (SSSR count). The van der Waals surface area contributed by atoms with Crippen molar-refractivity contribution in [1.82, 2.24) is 25.3 Å². The van der Waals surface area contributed by atoms with Gasteiger partial charge in [-0.2, -0.15) is 0 Å². The number of benzene rings is 1. The summed E-state index contributed by atoms with van der Waals surface area (Å²) >= 11 is 6.27. The zero-order valence-electron chi connectivity index (χ0n) is 20.3. The number of anilines is 1. The Morgan fingerprint density at radius 1 is 1.14 bits per heavy atom. The van der Waals surface area contributed by atoms with Crippen LogP contribution in [0.1, 0.15) is 26.7 Å². The molecule has 1 aromatic carbocycles. The van der Waals surface area contributed by atoms with Gasteiger partial charge in [0, 0.05) is 50.9 Å². The number of hydrogen-bond donors (Lipinski definition) is 1. The maximum atomic E-state index is 13.1. The average molecular weight is 501 g/mol. The first kappa shape index (κ1) is 25.2. The Kier molecular flexibility index (Phi) is 8.41. The maximum absolute atomic E-state index is 13.1. The van der Waals surface area contributed by atoms with E-state index in [0.29, 0.717) is 44.4 Å². The fourth-order valence-corrected chi connectivity index (χ4v) is 4.58. The third-order valence-electron chi connectivity index (χ3n) is 6.23. The summed E-state index contributed by atoms with van der Waals surface area (Å²) in [6, 6.07) is 11.2. The van der Waals surface area contributed by atoms with E-state index in [4.69, 9.17) is 16.3 Å². The van der Waals surface area contributed by atoms with Gasteiger partial charge in [-0.05, 0) is 44.9 Å². The zero-order valence-corrected chi connectivity index (χ0v) is 21.1. The van der Waals surface area contributed by atoms with Crippen molar-refractivity contribution in [3.63, 3.8) is 0 Å². The summed E-state index contributed by atoms with van der Waals surface area (Å²) < 4.78 is 5.70. The Labute approximate surface area is 211 Å². The SMILES string of the molecule is CC(C)NC(=O)N(CC(=O)N1CCN(c2ccc(-c3ccccc3Cl)nn2)CC1)C[C@H]1CCCO1. The molecule has 0 bridgehead atoms. The Bertz CT molecular complexity index is 1000. The molecule has 10 heteroatoms. The number of carbonyl (C=O) groups is 2. The minimum Gasteiger partial charge on any atom is -0.376 e. The van der Waals surface area contributed by atoms with Gasteiger partial charge in [0.25, 0.3) is 0 Å². The molecule has 3 amide bonds. The largest absolute Gasteiger partial charge is 0.376 e. The number of hydrogen-bond acceptors (Lipinski definition) is 6. The van der Waals surface area contributed by atoms with Crippen LogP contribution in [-0.4, -0.2) is 90.0 Å². The van der Waals surface area contributed by atoms with E-state index in [9.17, 15) is 9.59 Å². The van der Waals surface area contributed by atoms with Gasteiger partial charge in [-0.3, -0.25) is 4.79 Å². The molecule has 0 saturated carbocycles. The molecule has 1 atom stereocenters. The summed E-state index contributed by atoms with van der Waals surface area (Å²) in [6.45, 7) is 7.43. The fourth-order valence-electron chi connectivity index (χ4n) is 4.35. The van der Waals surface area contributed by atoms with Crippen molar-refractivity contribution in [3.05, 3.63) is 41.4 Å². The predicted octanol–water partition coefficient (Wildman–Crippen LogP) is 3.04. The molecular weight excluding hydrogens is 468 g/mol. The van der Waals surface area contributed by atoms with Crippen molar-refractivity contribution < 1.29 is 14.3 Å². The number of ether oxygens (including phenoxy) is 1. The number of halogens is 1. The van der Waals surface area contributed by atoms with Gasteiger partial charge < -0.3 is 24.8 Å². The molecule has 2 aliphatic rings. The molecule has 0 spiro atoms. The van der Waals surface area contributed by atoms with Gasteiger partial charge in [0.2, 0.25) is 5.91 Å². The van der Waals surface area contributed by atoms with Crippen LogP contribution in [0.4, 0.5) is 10.6 Å². The number of urea groups is 1. The van der Waals surface area contributed by atoms with Crippen molar-refractivity contribution in [1.29, 1.82) is 0 Å². The summed E-state index contributed by atoms with van der Waals surface area (Å²) in [6.07, 6.45) is 1.89. The minimum atomic E-state index is -0.226. The van der Waals surface area contributed by atoms with E-state index in [2.05, 4.69) is 20.4 Å². The van der Waals surface area contributed by atoms with E-state index in [0.717, 1.165) is 29.9 Å². The predicted molar refractivity (Wildman–Crippen MR) is 135 cm³/mol. The zero-order chi connectivity index (χ0) is 24.8. The van der Waals surface area contributed by atoms with Gasteiger partial charge in [-0.15, -0.1) is 10.2 Å². The summed E-state index contributed by atoms with van der Waals surface area (Å²) in [5.41, 5.74) is 1.57. The Balaban J connectivity index is 1.32. The number of amides is 3. The Morgan fingerprint density at radius 2 is 1.91 bits per heavy atom. The molecular formula is C25H33ClN6O3. The van der Waals surface area contributed by atoms with Crippen LogP contribution in [0.5, 0.6) is 0 Å². The lowest BCUT2D eigenvalue weighted by Crippen LogP contribution is -2.54. The maximum Gasteiger partial charge on any atom is 0.318 e. The van der Waals surface area contributed by atoms with Crippen LogP contribution >= 0.6 is 11.6 Å². The lowest BCUT2D eigenvalue weighted by atomic mass is 10.1. The van der Waals surface area contributed by atoms with Gasteiger partial charge in [-0.25, -0.2) is 4.79 Å². The lowest BCUT2D eigenvalue weighted by molar-refractivity contribution is -0.132. The third kappa shape index (κ3) is 6.61. The molecule has 2 saturated heterocycles. The van der Waals surface area contributed by atoms with Crippen molar-refractivity contribution in [2.75, 3.05) is 50.8 Å². The van der Waals surface area contributed by atoms with Gasteiger partial charge >= 0.3 is 6.03 Å². The van der Waals surface area contributed by atoms with Crippen LogP contribution in [-0.2, 0) is 9.53 Å². The van der Waals surface area contributed by atoms with Gasteiger partial charge in [-0.1, -0.05) is 29.8 Å². The molecule has 0 radical (unpaired) electrons. The molecule has 2 aromatic rings. The standard InChI is InChI=1S/C25H33ClN6O3/c1-18(2)27-25(34)32(16-19-6-5-15-35-19)17-24(33)31-13-11-30(12-14-31)23-10-9-22(28-29-23)20-7-3-4-8-21(20)26/h3-4,7-10,18-19H,5-6,11-17H2,1-2H3,(H,27,34)/t19-/m1/s1. The molecule has 35 heavy (non-hydrogen) atoms. The van der Waals surface area contributed by atoms with Gasteiger partial charge in [0.15, 0.2) is 5.82 Å². The van der Waals surface area contributed by atoms with Crippen molar-refractivity contribution in [3.8, 4) is 11.3 Å². The van der Waals surface area contributed by atoms with Crippen LogP contribution in [0, 0.1) is 0 Å². The molecule has 0 aliphatic carbocycles. The average Bonchev–Trinajstić information content (AvgIpc) is 3.37. The van der Waals surface area contributed by atoms with Crippen LogP contribution in [0.15, 0.2) is 36.4 Å². The highest BCUT2D eigenvalue weighted by atomic mass is 35.5. The molecule has 3 heterocycles. The quantitative estimate of drug-likeness (QED) is 0.628. The summed E-state index contributed by atoms with van der Waals surface area (Å²) in [5.74, 6) is 0.714. The first-order valence-corrected chi connectivity index (χ1v) is 12.6. The minimum absolute atomic E-state index is 0.00134. The highest BCUT2D eigenvalue weighted by Gasteiger charge is 2.28. The molecule has 2 fully saturated rings. The molecule has 1 N–H and O–H groups in total. The van der Waals surface area contributed by atoms with E-state index in [-0.39, 0.29) is 30.6 Å². The number of carbonyl (C=O) groups excluding carboxylic acids is 2. The second-order valence-electron chi connectivity index (χ2n) is 9.24. The van der Waals surface area contributed by atoms with Gasteiger partial charge in [0.1, 0.15) is 6.54 Å². The molecule has 0 unspecified atom stereocenters.